The van der Waals surface area contributed by atoms with Gasteiger partial charge in [0.1, 0.15) is 11.2 Å². The van der Waals surface area contributed by atoms with Gasteiger partial charge in [0, 0.05) is 53.6 Å². The minimum atomic E-state index is 0.913. The van der Waals surface area contributed by atoms with Crippen molar-refractivity contribution in [3.8, 4) is 22.3 Å². The van der Waals surface area contributed by atoms with Crippen LogP contribution in [0.15, 0.2) is 180 Å². The number of rotatable bonds is 5. The van der Waals surface area contributed by atoms with Crippen LogP contribution in [0.1, 0.15) is 0 Å². The van der Waals surface area contributed by atoms with Crippen molar-refractivity contribution in [2.24, 2.45) is 0 Å². The Bertz CT molecular complexity index is 2670. The number of hydrogen-bond donors (Lipinski definition) is 0. The molecule has 49 heavy (non-hydrogen) atoms. The van der Waals surface area contributed by atoms with Gasteiger partial charge in [0.15, 0.2) is 0 Å². The predicted molar refractivity (Wildman–Crippen MR) is 210 cm³/mol. The van der Waals surface area contributed by atoms with Gasteiger partial charge in [-0.15, -0.1) is 11.3 Å². The van der Waals surface area contributed by atoms with Gasteiger partial charge in [0.05, 0.1) is 0 Å². The molecule has 0 aliphatic rings. The molecule has 0 bridgehead atoms. The second-order valence-electron chi connectivity index (χ2n) is 12.5. The zero-order valence-electron chi connectivity index (χ0n) is 26.5. The van der Waals surface area contributed by atoms with E-state index < -0.39 is 0 Å². The number of anilines is 3. The molecule has 0 aliphatic heterocycles. The first-order valence-corrected chi connectivity index (χ1v) is 17.4. The van der Waals surface area contributed by atoms with E-state index >= 15 is 0 Å². The largest absolute Gasteiger partial charge is 0.455 e. The zero-order valence-corrected chi connectivity index (χ0v) is 27.3. The van der Waals surface area contributed by atoms with Crippen molar-refractivity contribution in [2.45, 2.75) is 0 Å². The van der Waals surface area contributed by atoms with Gasteiger partial charge in [0.2, 0.25) is 0 Å². The van der Waals surface area contributed by atoms with E-state index in [4.69, 9.17) is 4.42 Å². The van der Waals surface area contributed by atoms with Crippen molar-refractivity contribution in [2.75, 3.05) is 4.90 Å². The normalized spacial score (nSPS) is 11.7. The average molecular weight is 644 g/mol. The summed E-state index contributed by atoms with van der Waals surface area (Å²) in [5.74, 6) is 0. The van der Waals surface area contributed by atoms with E-state index in [0.717, 1.165) is 50.1 Å². The number of nitrogens with zero attached hydrogens (tertiary/aromatic N) is 1. The topological polar surface area (TPSA) is 16.4 Å². The third-order valence-electron chi connectivity index (χ3n) is 9.67. The highest BCUT2D eigenvalue weighted by molar-refractivity contribution is 7.26. The maximum atomic E-state index is 6.38. The number of para-hydroxylation sites is 2. The second kappa shape index (κ2) is 11.2. The van der Waals surface area contributed by atoms with Crippen LogP contribution < -0.4 is 4.90 Å². The Morgan fingerprint density at radius 1 is 0.408 bits per heavy atom. The first kappa shape index (κ1) is 27.9. The van der Waals surface area contributed by atoms with E-state index in [9.17, 15) is 0 Å². The zero-order chi connectivity index (χ0) is 32.3. The molecular weight excluding hydrogens is 615 g/mol. The van der Waals surface area contributed by atoms with Crippen LogP contribution in [0.2, 0.25) is 0 Å². The molecule has 0 saturated heterocycles. The van der Waals surface area contributed by atoms with E-state index in [2.05, 4.69) is 169 Å². The van der Waals surface area contributed by atoms with Gasteiger partial charge in [-0.05, 0) is 76.0 Å². The summed E-state index contributed by atoms with van der Waals surface area (Å²) in [5, 5.41) is 7.37. The number of thiophene rings is 1. The summed E-state index contributed by atoms with van der Waals surface area (Å²) in [6, 6.07) is 63.2. The predicted octanol–water partition coefficient (Wildman–Crippen LogP) is 13.9. The van der Waals surface area contributed by atoms with Crippen LogP contribution in [0.3, 0.4) is 0 Å². The van der Waals surface area contributed by atoms with Crippen molar-refractivity contribution in [1.29, 1.82) is 0 Å². The molecule has 2 aromatic heterocycles. The van der Waals surface area contributed by atoms with E-state index in [1.54, 1.807) is 0 Å². The van der Waals surface area contributed by atoms with Crippen molar-refractivity contribution in [1.82, 2.24) is 0 Å². The van der Waals surface area contributed by atoms with E-state index in [1.165, 1.54) is 42.1 Å². The Labute approximate surface area is 287 Å². The van der Waals surface area contributed by atoms with Crippen LogP contribution in [-0.4, -0.2) is 0 Å². The van der Waals surface area contributed by atoms with Crippen molar-refractivity contribution in [3.63, 3.8) is 0 Å². The van der Waals surface area contributed by atoms with E-state index in [1.807, 2.05) is 23.5 Å². The number of hydrogen-bond acceptors (Lipinski definition) is 3. The fraction of sp³-hybridized carbons (Fsp3) is 0. The maximum Gasteiger partial charge on any atom is 0.143 e. The summed E-state index contributed by atoms with van der Waals surface area (Å²) in [6.45, 7) is 0. The molecule has 0 radical (unpaired) electrons. The van der Waals surface area contributed by atoms with Crippen LogP contribution in [0, 0.1) is 0 Å². The number of fused-ring (bicyclic) bond motifs is 7. The SMILES string of the molecule is c1ccc2cc(N(c3ccc(-c4cccc5c4oc4ccccc45)cc3)c3ccc(-c4cccc5c4sc4ccccc45)cc3)ccc2c1. The summed E-state index contributed by atoms with van der Waals surface area (Å²) in [7, 11) is 0. The quantitative estimate of drug-likeness (QED) is 0.186. The minimum Gasteiger partial charge on any atom is -0.455 e. The molecule has 3 heteroatoms. The van der Waals surface area contributed by atoms with Crippen LogP contribution in [0.25, 0.3) is 75.1 Å². The monoisotopic (exact) mass is 643 g/mol. The highest BCUT2D eigenvalue weighted by atomic mass is 32.1. The van der Waals surface area contributed by atoms with E-state index in [0.29, 0.717) is 0 Å². The van der Waals surface area contributed by atoms with Crippen molar-refractivity contribution in [3.05, 3.63) is 176 Å². The van der Waals surface area contributed by atoms with Gasteiger partial charge >= 0.3 is 0 Å². The summed E-state index contributed by atoms with van der Waals surface area (Å²) in [5.41, 5.74) is 9.86. The maximum absolute atomic E-state index is 6.38. The van der Waals surface area contributed by atoms with Crippen LogP contribution in [-0.2, 0) is 0 Å². The van der Waals surface area contributed by atoms with Gasteiger partial charge in [0.25, 0.3) is 0 Å². The van der Waals surface area contributed by atoms with Gasteiger partial charge in [-0.2, -0.15) is 0 Å². The molecule has 0 atom stereocenters. The fourth-order valence-electron chi connectivity index (χ4n) is 7.29. The highest BCUT2D eigenvalue weighted by Gasteiger charge is 2.17. The molecule has 0 amide bonds. The van der Waals surface area contributed by atoms with Crippen molar-refractivity contribution < 1.29 is 4.42 Å². The third kappa shape index (κ3) is 4.62. The molecule has 2 nitrogen and oxygen atoms in total. The molecule has 0 N–H and O–H groups in total. The lowest BCUT2D eigenvalue weighted by Gasteiger charge is -2.26. The van der Waals surface area contributed by atoms with Gasteiger partial charge < -0.3 is 9.32 Å². The lowest BCUT2D eigenvalue weighted by Crippen LogP contribution is -2.09. The molecule has 8 aromatic carbocycles. The Kier molecular flexibility index (Phi) is 6.39. The minimum absolute atomic E-state index is 0.913. The molecule has 0 unspecified atom stereocenters. The molecule has 0 fully saturated rings. The standard InChI is InChI=1S/C46H29NOS/c1-2-10-33-29-36(28-19-30(33)9-1)47(34-24-20-31(21-25-34)37-13-7-15-41-39-11-3-5-17-43(39)48-45(37)41)35-26-22-32(23-27-35)38-14-8-16-42-40-12-4-6-18-44(40)49-46(38)42/h1-29H. The Morgan fingerprint density at radius 2 is 1.00 bits per heavy atom. The molecular formula is C46H29NOS. The summed E-state index contributed by atoms with van der Waals surface area (Å²) < 4.78 is 9.03. The first-order valence-electron chi connectivity index (χ1n) is 16.6. The summed E-state index contributed by atoms with van der Waals surface area (Å²) in [4.78, 5) is 2.35. The van der Waals surface area contributed by atoms with Crippen molar-refractivity contribution >= 4 is 81.3 Å². The second-order valence-corrected chi connectivity index (χ2v) is 13.6. The number of furan rings is 1. The molecule has 2 heterocycles. The van der Waals surface area contributed by atoms with Crippen LogP contribution >= 0.6 is 11.3 Å². The Morgan fingerprint density at radius 3 is 1.80 bits per heavy atom. The first-order chi connectivity index (χ1) is 24.3. The molecule has 230 valence electrons. The van der Waals surface area contributed by atoms with Crippen LogP contribution in [0.4, 0.5) is 17.1 Å². The van der Waals surface area contributed by atoms with Crippen LogP contribution in [0.5, 0.6) is 0 Å². The highest BCUT2D eigenvalue weighted by Crippen LogP contribution is 2.42. The van der Waals surface area contributed by atoms with Gasteiger partial charge in [-0.1, -0.05) is 127 Å². The Balaban J connectivity index is 1.08. The fourth-order valence-corrected chi connectivity index (χ4v) is 8.53. The Hall–Kier alpha value is -6.16. The molecule has 0 aliphatic carbocycles. The third-order valence-corrected chi connectivity index (χ3v) is 10.9. The van der Waals surface area contributed by atoms with Gasteiger partial charge in [-0.3, -0.25) is 0 Å². The smallest absolute Gasteiger partial charge is 0.143 e. The lowest BCUT2D eigenvalue weighted by molar-refractivity contribution is 0.670. The molecule has 0 spiro atoms. The molecule has 10 aromatic rings. The lowest BCUT2D eigenvalue weighted by atomic mass is 10.0. The molecule has 0 saturated carbocycles. The van der Waals surface area contributed by atoms with Gasteiger partial charge in [-0.25, -0.2) is 0 Å². The number of benzene rings is 8. The van der Waals surface area contributed by atoms with E-state index in [-0.39, 0.29) is 0 Å². The average Bonchev–Trinajstić information content (AvgIpc) is 3.74. The molecule has 10 rings (SSSR count). The summed E-state index contributed by atoms with van der Waals surface area (Å²) >= 11 is 1.87. The summed E-state index contributed by atoms with van der Waals surface area (Å²) in [6.07, 6.45) is 0.